The highest BCUT2D eigenvalue weighted by atomic mass is 16.7. The second kappa shape index (κ2) is 8.00. The lowest BCUT2D eigenvalue weighted by atomic mass is 9.84. The average molecular weight is 317 g/mol. The van der Waals surface area contributed by atoms with Crippen molar-refractivity contribution in [1.29, 1.82) is 0 Å². The van der Waals surface area contributed by atoms with Crippen molar-refractivity contribution in [3.8, 4) is 0 Å². The van der Waals surface area contributed by atoms with E-state index in [4.69, 9.17) is 9.47 Å². The molecule has 1 amide bonds. The number of nitrogens with one attached hydrogen (secondary N) is 1. The van der Waals surface area contributed by atoms with Gasteiger partial charge in [0.25, 0.3) is 0 Å². The van der Waals surface area contributed by atoms with E-state index in [2.05, 4.69) is 5.32 Å². The maximum Gasteiger partial charge on any atom is 0.411 e. The van der Waals surface area contributed by atoms with Gasteiger partial charge < -0.3 is 19.9 Å². The fraction of sp³-hybridized carbons (Fsp3) is 0.800. The number of rotatable bonds is 7. The molecule has 0 spiro atoms. The quantitative estimate of drug-likeness (QED) is 0.553. The van der Waals surface area contributed by atoms with Gasteiger partial charge in [0, 0.05) is 13.3 Å². The minimum absolute atomic E-state index is 0.0633. The molecule has 0 fully saturated rings. The number of aliphatic carboxylic acids is 1. The lowest BCUT2D eigenvalue weighted by Crippen LogP contribution is -2.53. The highest BCUT2D eigenvalue weighted by molar-refractivity contribution is 5.83. The fourth-order valence-electron chi connectivity index (χ4n) is 1.55. The van der Waals surface area contributed by atoms with Crippen molar-refractivity contribution in [2.24, 2.45) is 5.41 Å². The van der Waals surface area contributed by atoms with E-state index in [0.29, 0.717) is 6.42 Å². The minimum Gasteiger partial charge on any atom is -0.480 e. The number of hydrogen-bond donors (Lipinski definition) is 2. The van der Waals surface area contributed by atoms with Crippen molar-refractivity contribution in [2.75, 3.05) is 0 Å². The molecule has 0 saturated carbocycles. The maximum atomic E-state index is 11.8. The van der Waals surface area contributed by atoms with Crippen LogP contribution < -0.4 is 5.32 Å². The molecule has 0 aliphatic rings. The number of ether oxygens (including phenoxy) is 2. The molecule has 0 aliphatic carbocycles. The summed E-state index contributed by atoms with van der Waals surface area (Å²) in [5.74, 6) is -1.65. The predicted molar refractivity (Wildman–Crippen MR) is 80.2 cm³/mol. The van der Waals surface area contributed by atoms with E-state index in [1.54, 1.807) is 6.92 Å². The molecule has 0 aliphatic heterocycles. The molecule has 2 atom stereocenters. The molecule has 7 heteroatoms. The van der Waals surface area contributed by atoms with Gasteiger partial charge >= 0.3 is 18.0 Å². The van der Waals surface area contributed by atoms with E-state index in [-0.39, 0.29) is 18.3 Å². The second-order valence-electron chi connectivity index (χ2n) is 6.64. The number of hydrogen-bond acceptors (Lipinski definition) is 5. The smallest absolute Gasteiger partial charge is 0.411 e. The average Bonchev–Trinajstić information content (AvgIpc) is 2.34. The fourth-order valence-corrected chi connectivity index (χ4v) is 1.55. The van der Waals surface area contributed by atoms with Gasteiger partial charge in [-0.3, -0.25) is 4.79 Å². The number of carbonyl (C=O) groups is 3. The molecule has 0 bridgehead atoms. The van der Waals surface area contributed by atoms with Gasteiger partial charge in [-0.15, -0.1) is 0 Å². The van der Waals surface area contributed by atoms with Gasteiger partial charge in [0.15, 0.2) is 0 Å². The maximum absolute atomic E-state index is 11.8. The van der Waals surface area contributed by atoms with Gasteiger partial charge in [0.2, 0.25) is 6.29 Å². The number of esters is 1. The van der Waals surface area contributed by atoms with Crippen LogP contribution in [0.5, 0.6) is 0 Å². The Balaban J connectivity index is 4.64. The summed E-state index contributed by atoms with van der Waals surface area (Å²) in [5, 5.41) is 11.7. The third kappa shape index (κ3) is 7.85. The van der Waals surface area contributed by atoms with Gasteiger partial charge in [0.05, 0.1) is 0 Å². The van der Waals surface area contributed by atoms with Crippen LogP contribution in [-0.4, -0.2) is 35.0 Å². The van der Waals surface area contributed by atoms with Gasteiger partial charge in [-0.2, -0.15) is 0 Å². The molecule has 0 aromatic heterocycles. The number of amides is 1. The van der Waals surface area contributed by atoms with Crippen LogP contribution in [0.1, 0.15) is 60.8 Å². The number of carboxylic acids is 1. The Morgan fingerprint density at radius 2 is 1.64 bits per heavy atom. The zero-order chi connectivity index (χ0) is 17.6. The Bertz CT molecular complexity index is 415. The van der Waals surface area contributed by atoms with Crippen molar-refractivity contribution in [3.05, 3.63) is 0 Å². The van der Waals surface area contributed by atoms with Crippen LogP contribution >= 0.6 is 0 Å². The molecule has 0 unspecified atom stereocenters. The summed E-state index contributed by atoms with van der Waals surface area (Å²) in [7, 11) is 0. The first-order valence-electron chi connectivity index (χ1n) is 7.31. The van der Waals surface area contributed by atoms with Crippen LogP contribution in [0.4, 0.5) is 4.79 Å². The molecule has 128 valence electrons. The topological polar surface area (TPSA) is 102 Å². The largest absolute Gasteiger partial charge is 0.480 e. The summed E-state index contributed by atoms with van der Waals surface area (Å²) in [4.78, 5) is 34.3. The van der Waals surface area contributed by atoms with Crippen LogP contribution in [0.3, 0.4) is 0 Å². The van der Waals surface area contributed by atoms with E-state index in [9.17, 15) is 19.5 Å². The SMILES string of the molecule is CCC(=O)O[C@@H](C)OC(=O)N[C@@](C)(CCC(C)(C)C)C(=O)O. The van der Waals surface area contributed by atoms with Crippen molar-refractivity contribution in [1.82, 2.24) is 5.32 Å². The first-order valence-corrected chi connectivity index (χ1v) is 7.31. The third-order valence-electron chi connectivity index (χ3n) is 3.08. The molecule has 0 heterocycles. The van der Waals surface area contributed by atoms with Crippen molar-refractivity contribution >= 4 is 18.0 Å². The minimum atomic E-state index is -1.45. The Morgan fingerprint density at radius 1 is 1.09 bits per heavy atom. The molecule has 7 nitrogen and oxygen atoms in total. The Hall–Kier alpha value is -1.79. The number of carbonyl (C=O) groups excluding carboxylic acids is 2. The molecule has 0 saturated heterocycles. The monoisotopic (exact) mass is 317 g/mol. The number of carboxylic acid groups (broad SMARTS) is 1. The van der Waals surface area contributed by atoms with Crippen LogP contribution in [0, 0.1) is 5.41 Å². The summed E-state index contributed by atoms with van der Waals surface area (Å²) < 4.78 is 9.63. The van der Waals surface area contributed by atoms with Crippen LogP contribution in [0.2, 0.25) is 0 Å². The summed E-state index contributed by atoms with van der Waals surface area (Å²) >= 11 is 0. The van der Waals surface area contributed by atoms with E-state index in [0.717, 1.165) is 0 Å². The Morgan fingerprint density at radius 3 is 2.05 bits per heavy atom. The van der Waals surface area contributed by atoms with E-state index in [1.807, 2.05) is 20.8 Å². The molecular weight excluding hydrogens is 290 g/mol. The van der Waals surface area contributed by atoms with Crippen LogP contribution in [0.25, 0.3) is 0 Å². The molecule has 0 aromatic rings. The van der Waals surface area contributed by atoms with Gasteiger partial charge in [-0.25, -0.2) is 9.59 Å². The standard InChI is InChI=1S/C15H27NO6/c1-7-11(17)21-10(2)22-13(20)16-15(6,12(18)19)9-8-14(3,4)5/h10H,7-9H2,1-6H3,(H,16,20)(H,18,19)/t10-,15+/m1/s1. The number of alkyl carbamates (subject to hydrolysis) is 1. The van der Waals surface area contributed by atoms with Crippen molar-refractivity contribution in [2.45, 2.75) is 72.6 Å². The molecule has 0 aromatic carbocycles. The highest BCUT2D eigenvalue weighted by Crippen LogP contribution is 2.26. The molecular formula is C15H27NO6. The van der Waals surface area contributed by atoms with E-state index in [1.165, 1.54) is 13.8 Å². The van der Waals surface area contributed by atoms with Crippen molar-refractivity contribution in [3.63, 3.8) is 0 Å². The summed E-state index contributed by atoms with van der Waals surface area (Å²) in [6.07, 6.45) is -0.989. The van der Waals surface area contributed by atoms with E-state index >= 15 is 0 Å². The molecule has 22 heavy (non-hydrogen) atoms. The first kappa shape index (κ1) is 20.2. The third-order valence-corrected chi connectivity index (χ3v) is 3.08. The molecule has 0 radical (unpaired) electrons. The van der Waals surface area contributed by atoms with Crippen molar-refractivity contribution < 1.29 is 29.0 Å². The summed E-state index contributed by atoms with van der Waals surface area (Å²) in [6.45, 7) is 10.4. The normalized spacial score (nSPS) is 15.4. The Kier molecular flexibility index (Phi) is 7.35. The van der Waals surface area contributed by atoms with Gasteiger partial charge in [-0.05, 0) is 25.2 Å². The van der Waals surface area contributed by atoms with Crippen LogP contribution in [-0.2, 0) is 19.1 Å². The second-order valence-corrected chi connectivity index (χ2v) is 6.64. The summed E-state index contributed by atoms with van der Waals surface area (Å²) in [6, 6.07) is 0. The summed E-state index contributed by atoms with van der Waals surface area (Å²) in [5.41, 5.74) is -1.51. The lowest BCUT2D eigenvalue weighted by molar-refractivity contribution is -0.165. The van der Waals surface area contributed by atoms with Gasteiger partial charge in [-0.1, -0.05) is 27.7 Å². The first-order chi connectivity index (χ1) is 9.89. The zero-order valence-corrected chi connectivity index (χ0v) is 14.2. The van der Waals surface area contributed by atoms with Crippen LogP contribution in [0.15, 0.2) is 0 Å². The van der Waals surface area contributed by atoms with E-state index < -0.39 is 29.9 Å². The lowest BCUT2D eigenvalue weighted by Gasteiger charge is -2.29. The van der Waals surface area contributed by atoms with Gasteiger partial charge in [0.1, 0.15) is 5.54 Å². The predicted octanol–water partition coefficient (Wildman–Crippen LogP) is 2.68. The Labute approximate surface area is 131 Å². The zero-order valence-electron chi connectivity index (χ0n) is 14.2. The molecule has 2 N–H and O–H groups in total. The molecule has 0 rings (SSSR count). The highest BCUT2D eigenvalue weighted by Gasteiger charge is 2.36.